The van der Waals surface area contributed by atoms with Crippen LogP contribution in [0.1, 0.15) is 87.8 Å². The van der Waals surface area contributed by atoms with Crippen molar-refractivity contribution in [2.24, 2.45) is 0 Å². The molecule has 0 unspecified atom stereocenters. The van der Waals surface area contributed by atoms with E-state index in [0.717, 1.165) is 29.9 Å². The first-order chi connectivity index (χ1) is 14.3. The van der Waals surface area contributed by atoms with Crippen LogP contribution in [0.5, 0.6) is 5.75 Å². The Morgan fingerprint density at radius 3 is 1.69 bits per heavy atom. The van der Waals surface area contributed by atoms with E-state index < -0.39 is 0 Å². The van der Waals surface area contributed by atoms with Crippen LogP contribution in [0.2, 0.25) is 0 Å². The van der Waals surface area contributed by atoms with Crippen molar-refractivity contribution in [1.29, 1.82) is 5.26 Å². The molecule has 2 heteroatoms. The quantitative estimate of drug-likeness (QED) is 0.242. The zero-order valence-electron chi connectivity index (χ0n) is 17.9. The first-order valence-corrected chi connectivity index (χ1v) is 11.2. The molecule has 0 N–H and O–H groups in total. The molecule has 0 atom stereocenters. The van der Waals surface area contributed by atoms with Crippen LogP contribution >= 0.6 is 0 Å². The number of nitriles is 1. The van der Waals surface area contributed by atoms with Crippen molar-refractivity contribution >= 4 is 12.2 Å². The molecule has 2 rings (SSSR count). The van der Waals surface area contributed by atoms with E-state index in [4.69, 9.17) is 10.00 Å². The first-order valence-electron chi connectivity index (χ1n) is 11.2. The lowest BCUT2D eigenvalue weighted by Gasteiger charge is -2.06. The molecule has 0 saturated carbocycles. The van der Waals surface area contributed by atoms with E-state index in [1.807, 2.05) is 36.4 Å². The summed E-state index contributed by atoms with van der Waals surface area (Å²) in [5.74, 6) is 0.941. The van der Waals surface area contributed by atoms with E-state index in [-0.39, 0.29) is 0 Å². The minimum atomic E-state index is 0.686. The number of hydrogen-bond acceptors (Lipinski definition) is 2. The van der Waals surface area contributed by atoms with Gasteiger partial charge in [-0.2, -0.15) is 5.26 Å². The molecule has 0 aliphatic carbocycles. The number of rotatable bonds is 14. The Labute approximate surface area is 177 Å². The van der Waals surface area contributed by atoms with Gasteiger partial charge in [-0.1, -0.05) is 101 Å². The van der Waals surface area contributed by atoms with Gasteiger partial charge < -0.3 is 4.74 Å². The SMILES string of the molecule is CCCCCCCCCCCCOc1ccc(/C=C/c2ccc(C#N)cc2)cc1. The molecule has 0 aliphatic heterocycles. The lowest BCUT2D eigenvalue weighted by Crippen LogP contribution is -1.97. The van der Waals surface area contributed by atoms with Crippen molar-refractivity contribution in [2.75, 3.05) is 6.61 Å². The molecule has 0 amide bonds. The second-order valence-electron chi connectivity index (χ2n) is 7.67. The van der Waals surface area contributed by atoms with Crippen LogP contribution in [-0.2, 0) is 0 Å². The lowest BCUT2D eigenvalue weighted by atomic mass is 10.1. The average Bonchev–Trinajstić information content (AvgIpc) is 2.77. The second-order valence-corrected chi connectivity index (χ2v) is 7.67. The van der Waals surface area contributed by atoms with Crippen LogP contribution in [0.3, 0.4) is 0 Å². The summed E-state index contributed by atoms with van der Waals surface area (Å²) in [4.78, 5) is 0. The molecule has 2 nitrogen and oxygen atoms in total. The number of nitrogens with zero attached hydrogens (tertiary/aromatic N) is 1. The highest BCUT2D eigenvalue weighted by Crippen LogP contribution is 2.16. The fourth-order valence-corrected chi connectivity index (χ4v) is 3.32. The molecule has 2 aromatic carbocycles. The fraction of sp³-hybridized carbons (Fsp3) is 0.444. The van der Waals surface area contributed by atoms with Crippen molar-refractivity contribution in [2.45, 2.75) is 71.1 Å². The van der Waals surface area contributed by atoms with Crippen molar-refractivity contribution in [3.63, 3.8) is 0 Å². The monoisotopic (exact) mass is 389 g/mol. The topological polar surface area (TPSA) is 33.0 Å². The molecule has 0 saturated heterocycles. The molecule has 0 spiro atoms. The number of ether oxygens (including phenoxy) is 1. The third kappa shape index (κ3) is 9.99. The summed E-state index contributed by atoms with van der Waals surface area (Å²) in [5.41, 5.74) is 2.91. The highest BCUT2D eigenvalue weighted by molar-refractivity contribution is 5.70. The molecule has 0 aliphatic rings. The summed E-state index contributed by atoms with van der Waals surface area (Å²) in [6.45, 7) is 3.07. The number of benzene rings is 2. The molecule has 154 valence electrons. The third-order valence-electron chi connectivity index (χ3n) is 5.15. The molecule has 0 radical (unpaired) electrons. The minimum absolute atomic E-state index is 0.686. The minimum Gasteiger partial charge on any atom is -0.494 e. The number of unbranched alkanes of at least 4 members (excludes halogenated alkanes) is 9. The summed E-state index contributed by atoms with van der Waals surface area (Å²) in [5, 5.41) is 8.84. The predicted molar refractivity (Wildman–Crippen MR) is 124 cm³/mol. The maximum Gasteiger partial charge on any atom is 0.119 e. The van der Waals surface area contributed by atoms with E-state index in [1.165, 1.54) is 57.8 Å². The normalized spacial score (nSPS) is 10.9. The van der Waals surface area contributed by atoms with Crippen LogP contribution in [0.25, 0.3) is 12.2 Å². The molecule has 29 heavy (non-hydrogen) atoms. The van der Waals surface area contributed by atoms with Gasteiger partial charge in [-0.3, -0.25) is 0 Å². The molecule has 0 aromatic heterocycles. The van der Waals surface area contributed by atoms with E-state index in [9.17, 15) is 0 Å². The Hall–Kier alpha value is -2.53. The highest BCUT2D eigenvalue weighted by Gasteiger charge is 1.96. The van der Waals surface area contributed by atoms with E-state index in [1.54, 1.807) is 0 Å². The van der Waals surface area contributed by atoms with Crippen molar-refractivity contribution < 1.29 is 4.74 Å². The summed E-state index contributed by atoms with van der Waals surface area (Å²) < 4.78 is 5.87. The second kappa shape index (κ2) is 14.5. The van der Waals surface area contributed by atoms with Gasteiger partial charge in [-0.25, -0.2) is 0 Å². The third-order valence-corrected chi connectivity index (χ3v) is 5.15. The van der Waals surface area contributed by atoms with Crippen molar-refractivity contribution in [1.82, 2.24) is 0 Å². The molecule has 2 aromatic rings. The van der Waals surface area contributed by atoms with E-state index in [2.05, 4.69) is 37.3 Å². The largest absolute Gasteiger partial charge is 0.494 e. The van der Waals surface area contributed by atoms with Gasteiger partial charge in [0.05, 0.1) is 18.2 Å². The van der Waals surface area contributed by atoms with Gasteiger partial charge in [-0.15, -0.1) is 0 Å². The summed E-state index contributed by atoms with van der Waals surface area (Å²) in [7, 11) is 0. The number of hydrogen-bond donors (Lipinski definition) is 0. The van der Waals surface area contributed by atoms with Gasteiger partial charge in [0.25, 0.3) is 0 Å². The predicted octanol–water partition coefficient (Wildman–Crippen LogP) is 8.03. The lowest BCUT2D eigenvalue weighted by molar-refractivity contribution is 0.304. The Kier molecular flexibility index (Phi) is 11.4. The average molecular weight is 390 g/mol. The van der Waals surface area contributed by atoms with Crippen LogP contribution in [0, 0.1) is 11.3 Å². The van der Waals surface area contributed by atoms with Gasteiger partial charge in [0, 0.05) is 0 Å². The Morgan fingerprint density at radius 1 is 0.690 bits per heavy atom. The first kappa shape index (κ1) is 22.8. The molecule has 0 bridgehead atoms. The maximum absolute atomic E-state index is 8.84. The van der Waals surface area contributed by atoms with Gasteiger partial charge in [-0.05, 0) is 41.8 Å². The molecular formula is C27H35NO. The smallest absolute Gasteiger partial charge is 0.119 e. The van der Waals surface area contributed by atoms with Gasteiger partial charge in [0.1, 0.15) is 5.75 Å². The summed E-state index contributed by atoms with van der Waals surface area (Å²) in [6.07, 6.45) is 17.6. The Balaban J connectivity index is 1.57. The Morgan fingerprint density at radius 2 is 1.17 bits per heavy atom. The maximum atomic E-state index is 8.84. The van der Waals surface area contributed by atoms with Crippen LogP contribution < -0.4 is 4.74 Å². The molecular weight excluding hydrogens is 354 g/mol. The fourth-order valence-electron chi connectivity index (χ4n) is 3.32. The van der Waals surface area contributed by atoms with E-state index in [0.29, 0.717) is 5.56 Å². The van der Waals surface area contributed by atoms with Crippen LogP contribution in [0.15, 0.2) is 48.5 Å². The van der Waals surface area contributed by atoms with Crippen molar-refractivity contribution in [3.8, 4) is 11.8 Å². The van der Waals surface area contributed by atoms with Gasteiger partial charge in [0.2, 0.25) is 0 Å². The molecule has 0 fully saturated rings. The van der Waals surface area contributed by atoms with Gasteiger partial charge in [0.15, 0.2) is 0 Å². The van der Waals surface area contributed by atoms with Crippen molar-refractivity contribution in [3.05, 3.63) is 65.2 Å². The summed E-state index contributed by atoms with van der Waals surface area (Å²) >= 11 is 0. The summed E-state index contributed by atoms with van der Waals surface area (Å²) in [6, 6.07) is 18.0. The van der Waals surface area contributed by atoms with Crippen LogP contribution in [-0.4, -0.2) is 6.61 Å². The zero-order valence-corrected chi connectivity index (χ0v) is 17.9. The zero-order chi connectivity index (χ0) is 20.6. The Bertz CT molecular complexity index is 738. The van der Waals surface area contributed by atoms with E-state index >= 15 is 0 Å². The van der Waals surface area contributed by atoms with Crippen LogP contribution in [0.4, 0.5) is 0 Å². The molecule has 0 heterocycles. The standard InChI is InChI=1S/C27H35NO/c1-2-3-4-5-6-7-8-9-10-11-22-29-27-20-18-25(19-21-27)13-12-24-14-16-26(23-28)17-15-24/h12-21H,2-11,22H2,1H3/b13-12+. The highest BCUT2D eigenvalue weighted by atomic mass is 16.5. The van der Waals surface area contributed by atoms with Gasteiger partial charge >= 0.3 is 0 Å².